The summed E-state index contributed by atoms with van der Waals surface area (Å²) < 4.78 is 4.85. The number of carbonyl (C=O) groups excluding carboxylic acids is 3. The number of rotatable bonds is 5. The minimum Gasteiger partial charge on any atom is -0.455 e. The SMILES string of the molecule is O=C(CSc1ccc(Cl)cc1)OCC(=O)N1CCNC1=O. The Balaban J connectivity index is 1.71. The van der Waals surface area contributed by atoms with E-state index in [-0.39, 0.29) is 5.75 Å². The molecule has 1 saturated heterocycles. The van der Waals surface area contributed by atoms with Crippen molar-refractivity contribution in [3.63, 3.8) is 0 Å². The van der Waals surface area contributed by atoms with Gasteiger partial charge < -0.3 is 10.1 Å². The molecule has 0 bridgehead atoms. The van der Waals surface area contributed by atoms with E-state index in [1.165, 1.54) is 11.8 Å². The van der Waals surface area contributed by atoms with E-state index >= 15 is 0 Å². The smallest absolute Gasteiger partial charge is 0.324 e. The lowest BCUT2D eigenvalue weighted by molar-refractivity contribution is -0.148. The Bertz CT molecular complexity index is 550. The van der Waals surface area contributed by atoms with Crippen molar-refractivity contribution in [1.82, 2.24) is 10.2 Å². The fourth-order valence-corrected chi connectivity index (χ4v) is 2.47. The van der Waals surface area contributed by atoms with E-state index in [1.54, 1.807) is 24.3 Å². The number of carbonyl (C=O) groups is 3. The lowest BCUT2D eigenvalue weighted by Gasteiger charge is -2.12. The van der Waals surface area contributed by atoms with E-state index < -0.39 is 24.5 Å². The summed E-state index contributed by atoms with van der Waals surface area (Å²) in [5.74, 6) is -0.945. The van der Waals surface area contributed by atoms with Crippen LogP contribution in [0.2, 0.25) is 5.02 Å². The predicted octanol–water partition coefficient (Wildman–Crippen LogP) is 1.53. The summed E-state index contributed by atoms with van der Waals surface area (Å²) in [7, 11) is 0. The van der Waals surface area contributed by atoms with Crippen LogP contribution in [0.3, 0.4) is 0 Å². The number of imide groups is 1. The lowest BCUT2D eigenvalue weighted by atomic mass is 10.4. The van der Waals surface area contributed by atoms with Gasteiger partial charge in [-0.05, 0) is 24.3 Å². The van der Waals surface area contributed by atoms with E-state index in [0.717, 1.165) is 9.80 Å². The Morgan fingerprint density at radius 1 is 1.33 bits per heavy atom. The molecule has 112 valence electrons. The van der Waals surface area contributed by atoms with Gasteiger partial charge >= 0.3 is 12.0 Å². The number of halogens is 1. The summed E-state index contributed by atoms with van der Waals surface area (Å²) >= 11 is 7.04. The van der Waals surface area contributed by atoms with Crippen LogP contribution in [0.5, 0.6) is 0 Å². The normalized spacial score (nSPS) is 14.0. The number of esters is 1. The number of ether oxygens (including phenoxy) is 1. The molecule has 1 aromatic rings. The first-order valence-electron chi connectivity index (χ1n) is 6.18. The van der Waals surface area contributed by atoms with Gasteiger partial charge in [-0.3, -0.25) is 14.5 Å². The molecule has 1 aliphatic heterocycles. The molecule has 0 aliphatic carbocycles. The average molecular weight is 329 g/mol. The maximum absolute atomic E-state index is 11.6. The minimum absolute atomic E-state index is 0.0844. The van der Waals surface area contributed by atoms with Gasteiger partial charge in [-0.1, -0.05) is 11.6 Å². The molecule has 6 nitrogen and oxygen atoms in total. The fourth-order valence-electron chi connectivity index (χ4n) is 1.64. The van der Waals surface area contributed by atoms with Crippen LogP contribution in [0.1, 0.15) is 0 Å². The van der Waals surface area contributed by atoms with Crippen molar-refractivity contribution in [2.24, 2.45) is 0 Å². The second kappa shape index (κ2) is 7.33. The van der Waals surface area contributed by atoms with Gasteiger partial charge in [0.05, 0.1) is 5.75 Å². The van der Waals surface area contributed by atoms with Gasteiger partial charge in [0.25, 0.3) is 5.91 Å². The monoisotopic (exact) mass is 328 g/mol. The molecular weight excluding hydrogens is 316 g/mol. The Morgan fingerprint density at radius 2 is 2.05 bits per heavy atom. The van der Waals surface area contributed by atoms with Crippen molar-refractivity contribution < 1.29 is 19.1 Å². The molecule has 3 amide bonds. The zero-order chi connectivity index (χ0) is 15.2. The van der Waals surface area contributed by atoms with Crippen molar-refractivity contribution in [3.05, 3.63) is 29.3 Å². The average Bonchev–Trinajstić information content (AvgIpc) is 2.90. The van der Waals surface area contributed by atoms with Crippen molar-refractivity contribution in [2.45, 2.75) is 4.90 Å². The highest BCUT2D eigenvalue weighted by Crippen LogP contribution is 2.20. The van der Waals surface area contributed by atoms with Crippen LogP contribution in [0.15, 0.2) is 29.2 Å². The van der Waals surface area contributed by atoms with Gasteiger partial charge in [0.1, 0.15) is 0 Å². The van der Waals surface area contributed by atoms with E-state index in [0.29, 0.717) is 18.1 Å². The van der Waals surface area contributed by atoms with Gasteiger partial charge in [-0.15, -0.1) is 11.8 Å². The van der Waals surface area contributed by atoms with Crippen LogP contribution in [0, 0.1) is 0 Å². The Morgan fingerprint density at radius 3 is 2.67 bits per heavy atom. The number of nitrogens with one attached hydrogen (secondary N) is 1. The molecule has 0 saturated carbocycles. The number of hydrogen-bond donors (Lipinski definition) is 1. The van der Waals surface area contributed by atoms with Crippen molar-refractivity contribution in [2.75, 3.05) is 25.4 Å². The molecule has 0 unspecified atom stereocenters. The van der Waals surface area contributed by atoms with Crippen LogP contribution in [-0.2, 0) is 14.3 Å². The van der Waals surface area contributed by atoms with Crippen LogP contribution >= 0.6 is 23.4 Å². The van der Waals surface area contributed by atoms with Crippen molar-refractivity contribution in [3.8, 4) is 0 Å². The quantitative estimate of drug-likeness (QED) is 0.655. The van der Waals surface area contributed by atoms with Crippen molar-refractivity contribution >= 4 is 41.3 Å². The maximum atomic E-state index is 11.6. The topological polar surface area (TPSA) is 75.7 Å². The van der Waals surface area contributed by atoms with E-state index in [2.05, 4.69) is 5.32 Å². The maximum Gasteiger partial charge on any atom is 0.324 e. The van der Waals surface area contributed by atoms with Crippen LogP contribution < -0.4 is 5.32 Å². The van der Waals surface area contributed by atoms with Crippen molar-refractivity contribution in [1.29, 1.82) is 0 Å². The molecular formula is C13H13ClN2O4S. The summed E-state index contributed by atoms with van der Waals surface area (Å²) in [6.45, 7) is 0.299. The summed E-state index contributed by atoms with van der Waals surface area (Å²) in [4.78, 5) is 36.3. The number of urea groups is 1. The first-order chi connectivity index (χ1) is 10.1. The van der Waals surface area contributed by atoms with Gasteiger partial charge in [-0.25, -0.2) is 4.79 Å². The second-order valence-corrected chi connectivity index (χ2v) is 5.67. The lowest BCUT2D eigenvalue weighted by Crippen LogP contribution is -2.37. The summed E-state index contributed by atoms with van der Waals surface area (Å²) in [5.41, 5.74) is 0. The van der Waals surface area contributed by atoms with Gasteiger partial charge in [0, 0.05) is 23.0 Å². The molecule has 0 spiro atoms. The molecule has 8 heteroatoms. The summed E-state index contributed by atoms with van der Waals surface area (Å²) in [6.07, 6.45) is 0. The highest BCUT2D eigenvalue weighted by Gasteiger charge is 2.26. The fraction of sp³-hybridized carbons (Fsp3) is 0.308. The second-order valence-electron chi connectivity index (χ2n) is 4.18. The largest absolute Gasteiger partial charge is 0.455 e. The van der Waals surface area contributed by atoms with Crippen LogP contribution in [0.4, 0.5) is 4.79 Å². The standard InChI is InChI=1S/C13H13ClN2O4S/c14-9-1-3-10(4-2-9)21-8-12(18)20-7-11(17)16-6-5-15-13(16)19/h1-4H,5-8H2,(H,15,19). The van der Waals surface area contributed by atoms with Gasteiger partial charge in [0.2, 0.25) is 0 Å². The van der Waals surface area contributed by atoms with E-state index in [4.69, 9.17) is 16.3 Å². The molecule has 1 fully saturated rings. The van der Waals surface area contributed by atoms with E-state index in [9.17, 15) is 14.4 Å². The zero-order valence-corrected chi connectivity index (χ0v) is 12.6. The highest BCUT2D eigenvalue weighted by molar-refractivity contribution is 8.00. The summed E-state index contributed by atoms with van der Waals surface area (Å²) in [6, 6.07) is 6.58. The molecule has 0 aromatic heterocycles. The molecule has 0 radical (unpaired) electrons. The number of thioether (sulfide) groups is 1. The third kappa shape index (κ3) is 4.64. The predicted molar refractivity (Wildman–Crippen MR) is 78.2 cm³/mol. The zero-order valence-electron chi connectivity index (χ0n) is 11.0. The first-order valence-corrected chi connectivity index (χ1v) is 7.55. The molecule has 1 heterocycles. The highest BCUT2D eigenvalue weighted by atomic mass is 35.5. The number of hydrogen-bond acceptors (Lipinski definition) is 5. The molecule has 0 atom stereocenters. The molecule has 21 heavy (non-hydrogen) atoms. The van der Waals surface area contributed by atoms with Crippen LogP contribution in [0.25, 0.3) is 0 Å². The number of benzene rings is 1. The number of nitrogens with zero attached hydrogens (tertiary/aromatic N) is 1. The summed E-state index contributed by atoms with van der Waals surface area (Å²) in [5, 5.41) is 3.12. The Labute approximate surface area is 130 Å². The first kappa shape index (κ1) is 15.7. The molecule has 1 aromatic carbocycles. The molecule has 1 aliphatic rings. The molecule has 2 rings (SSSR count). The minimum atomic E-state index is -0.519. The van der Waals surface area contributed by atoms with E-state index in [1.807, 2.05) is 0 Å². The van der Waals surface area contributed by atoms with Gasteiger partial charge in [-0.2, -0.15) is 0 Å². The molecule has 1 N–H and O–H groups in total. The number of amides is 3. The van der Waals surface area contributed by atoms with Crippen LogP contribution in [-0.4, -0.2) is 48.3 Å². The Kier molecular flexibility index (Phi) is 5.46. The third-order valence-electron chi connectivity index (χ3n) is 2.68. The Hall–Kier alpha value is -1.73. The third-order valence-corrected chi connectivity index (χ3v) is 3.92. The van der Waals surface area contributed by atoms with Gasteiger partial charge in [0.15, 0.2) is 6.61 Å².